The third kappa shape index (κ3) is 2.49. The second-order valence-corrected chi connectivity index (χ2v) is 4.94. The molecule has 1 nitrogen and oxygen atoms in total. The first-order chi connectivity index (χ1) is 7.70. The van der Waals surface area contributed by atoms with E-state index in [1.165, 1.54) is 12.8 Å². The summed E-state index contributed by atoms with van der Waals surface area (Å²) in [5.41, 5.74) is 0.536. The average Bonchev–Trinajstić information content (AvgIpc) is 2.73. The molecule has 0 aromatic heterocycles. The smallest absolute Gasteiger partial charge is 0.164 e. The van der Waals surface area contributed by atoms with Crippen LogP contribution in [-0.2, 0) is 0 Å². The highest BCUT2D eigenvalue weighted by molar-refractivity contribution is 6.31. The van der Waals surface area contributed by atoms with Crippen molar-refractivity contribution in [1.82, 2.24) is 0 Å². The van der Waals surface area contributed by atoms with E-state index in [1.807, 2.05) is 0 Å². The van der Waals surface area contributed by atoms with Crippen molar-refractivity contribution in [2.75, 3.05) is 5.32 Å². The summed E-state index contributed by atoms with van der Waals surface area (Å²) >= 11 is 5.74. The van der Waals surface area contributed by atoms with Crippen LogP contribution >= 0.6 is 11.6 Å². The zero-order chi connectivity index (χ0) is 11.5. The van der Waals surface area contributed by atoms with Gasteiger partial charge in [0.25, 0.3) is 0 Å². The molecule has 2 unspecified atom stereocenters. The summed E-state index contributed by atoms with van der Waals surface area (Å²) in [7, 11) is 0. The van der Waals surface area contributed by atoms with Crippen LogP contribution < -0.4 is 5.32 Å². The number of halogens is 2. The highest BCUT2D eigenvalue weighted by Crippen LogP contribution is 2.31. The van der Waals surface area contributed by atoms with Gasteiger partial charge in [-0.3, -0.25) is 0 Å². The average molecular weight is 242 g/mol. The fourth-order valence-corrected chi connectivity index (χ4v) is 2.59. The minimum Gasteiger partial charge on any atom is -0.380 e. The standard InChI is InChI=1S/C13H17ClFN/c1-2-9-6-7-10(8-9)16-12-5-3-4-11(14)13(12)15/h3-5,9-10,16H,2,6-8H2,1H3. The molecule has 0 amide bonds. The maximum Gasteiger partial charge on any atom is 0.164 e. The molecule has 88 valence electrons. The van der Waals surface area contributed by atoms with Crippen LogP contribution in [0.2, 0.25) is 5.02 Å². The van der Waals surface area contributed by atoms with Crippen LogP contribution in [0.5, 0.6) is 0 Å². The third-order valence-corrected chi connectivity index (χ3v) is 3.72. The van der Waals surface area contributed by atoms with Crippen molar-refractivity contribution in [3.63, 3.8) is 0 Å². The van der Waals surface area contributed by atoms with Crippen molar-refractivity contribution >= 4 is 17.3 Å². The molecular weight excluding hydrogens is 225 g/mol. The molecule has 1 saturated carbocycles. The molecule has 1 aromatic carbocycles. The topological polar surface area (TPSA) is 12.0 Å². The fourth-order valence-electron chi connectivity index (χ4n) is 2.41. The minimum atomic E-state index is -0.330. The Morgan fingerprint density at radius 3 is 2.94 bits per heavy atom. The first-order valence-corrected chi connectivity index (χ1v) is 6.29. The lowest BCUT2D eigenvalue weighted by Crippen LogP contribution is -2.16. The quantitative estimate of drug-likeness (QED) is 0.823. The van der Waals surface area contributed by atoms with Gasteiger partial charge in [0.05, 0.1) is 10.7 Å². The number of rotatable bonds is 3. The van der Waals surface area contributed by atoms with Crippen molar-refractivity contribution < 1.29 is 4.39 Å². The molecule has 0 radical (unpaired) electrons. The van der Waals surface area contributed by atoms with Crippen LogP contribution in [0, 0.1) is 11.7 Å². The molecule has 2 atom stereocenters. The van der Waals surface area contributed by atoms with Gasteiger partial charge in [0.1, 0.15) is 0 Å². The fraction of sp³-hybridized carbons (Fsp3) is 0.538. The largest absolute Gasteiger partial charge is 0.380 e. The van der Waals surface area contributed by atoms with E-state index in [0.717, 1.165) is 18.8 Å². The van der Waals surface area contributed by atoms with Crippen LogP contribution in [0.3, 0.4) is 0 Å². The van der Waals surface area contributed by atoms with E-state index in [0.29, 0.717) is 11.7 Å². The summed E-state index contributed by atoms with van der Waals surface area (Å²) < 4.78 is 13.6. The first kappa shape index (κ1) is 11.7. The van der Waals surface area contributed by atoms with Gasteiger partial charge in [-0.25, -0.2) is 4.39 Å². The number of nitrogens with one attached hydrogen (secondary N) is 1. The van der Waals surface area contributed by atoms with Gasteiger partial charge < -0.3 is 5.32 Å². The van der Waals surface area contributed by atoms with E-state index in [1.54, 1.807) is 18.2 Å². The Labute approximate surface area is 101 Å². The van der Waals surface area contributed by atoms with Crippen molar-refractivity contribution in [1.29, 1.82) is 0 Å². The van der Waals surface area contributed by atoms with Crippen molar-refractivity contribution in [2.24, 2.45) is 5.92 Å². The summed E-state index contributed by atoms with van der Waals surface area (Å²) in [6, 6.07) is 5.50. The SMILES string of the molecule is CCC1CCC(Nc2cccc(Cl)c2F)C1. The highest BCUT2D eigenvalue weighted by Gasteiger charge is 2.23. The normalized spacial score (nSPS) is 24.7. The Morgan fingerprint density at radius 2 is 2.25 bits per heavy atom. The maximum atomic E-state index is 13.6. The molecule has 1 N–H and O–H groups in total. The molecular formula is C13H17ClFN. The van der Waals surface area contributed by atoms with Crippen LogP contribution in [0.15, 0.2) is 18.2 Å². The van der Waals surface area contributed by atoms with E-state index >= 15 is 0 Å². The second-order valence-electron chi connectivity index (χ2n) is 4.53. The predicted molar refractivity (Wildman–Crippen MR) is 66.5 cm³/mol. The molecule has 1 aromatic rings. The van der Waals surface area contributed by atoms with Gasteiger partial charge in [0.15, 0.2) is 5.82 Å². The monoisotopic (exact) mass is 241 g/mol. The van der Waals surface area contributed by atoms with Gasteiger partial charge in [-0.2, -0.15) is 0 Å². The Kier molecular flexibility index (Phi) is 3.70. The molecule has 0 saturated heterocycles. The van der Waals surface area contributed by atoms with Crippen LogP contribution in [-0.4, -0.2) is 6.04 Å². The predicted octanol–water partition coefficient (Wildman–Crippen LogP) is 4.47. The van der Waals surface area contributed by atoms with Gasteiger partial charge in [-0.15, -0.1) is 0 Å². The minimum absolute atomic E-state index is 0.190. The molecule has 2 rings (SSSR count). The summed E-state index contributed by atoms with van der Waals surface area (Å²) in [6.07, 6.45) is 4.74. The lowest BCUT2D eigenvalue weighted by Gasteiger charge is -2.15. The van der Waals surface area contributed by atoms with E-state index in [2.05, 4.69) is 12.2 Å². The van der Waals surface area contributed by atoms with Crippen LogP contribution in [0.1, 0.15) is 32.6 Å². The molecule has 0 heterocycles. The zero-order valence-corrected chi connectivity index (χ0v) is 10.2. The van der Waals surface area contributed by atoms with E-state index in [4.69, 9.17) is 11.6 Å². The Hall–Kier alpha value is -0.760. The van der Waals surface area contributed by atoms with Gasteiger partial charge >= 0.3 is 0 Å². The second kappa shape index (κ2) is 5.05. The van der Waals surface area contributed by atoms with Gasteiger partial charge in [0, 0.05) is 6.04 Å². The number of anilines is 1. The summed E-state index contributed by atoms with van der Waals surface area (Å²) in [5, 5.41) is 3.44. The van der Waals surface area contributed by atoms with Crippen molar-refractivity contribution in [3.05, 3.63) is 29.0 Å². The molecule has 3 heteroatoms. The van der Waals surface area contributed by atoms with Crippen LogP contribution in [0.4, 0.5) is 10.1 Å². The number of hydrogen-bond donors (Lipinski definition) is 1. The molecule has 16 heavy (non-hydrogen) atoms. The van der Waals surface area contributed by atoms with Gasteiger partial charge in [0.2, 0.25) is 0 Å². The maximum absolute atomic E-state index is 13.6. The Balaban J connectivity index is 2.02. The first-order valence-electron chi connectivity index (χ1n) is 5.91. The zero-order valence-electron chi connectivity index (χ0n) is 9.47. The highest BCUT2D eigenvalue weighted by atomic mass is 35.5. The Bertz CT molecular complexity index is 367. The molecule has 1 fully saturated rings. The summed E-state index contributed by atoms with van der Waals surface area (Å²) in [5.74, 6) is 0.462. The summed E-state index contributed by atoms with van der Waals surface area (Å²) in [4.78, 5) is 0. The van der Waals surface area contributed by atoms with Crippen molar-refractivity contribution in [2.45, 2.75) is 38.6 Å². The number of benzene rings is 1. The van der Waals surface area contributed by atoms with Gasteiger partial charge in [-0.05, 0) is 37.3 Å². The number of hydrogen-bond acceptors (Lipinski definition) is 1. The molecule has 1 aliphatic carbocycles. The van der Waals surface area contributed by atoms with E-state index in [9.17, 15) is 4.39 Å². The lowest BCUT2D eigenvalue weighted by atomic mass is 10.1. The van der Waals surface area contributed by atoms with Gasteiger partial charge in [-0.1, -0.05) is 31.0 Å². The molecule has 0 aliphatic heterocycles. The molecule has 1 aliphatic rings. The lowest BCUT2D eigenvalue weighted by molar-refractivity contribution is 0.524. The van der Waals surface area contributed by atoms with Crippen molar-refractivity contribution in [3.8, 4) is 0 Å². The third-order valence-electron chi connectivity index (χ3n) is 3.43. The molecule has 0 spiro atoms. The Morgan fingerprint density at radius 1 is 1.44 bits per heavy atom. The van der Waals surface area contributed by atoms with E-state index < -0.39 is 0 Å². The molecule has 0 bridgehead atoms. The summed E-state index contributed by atoms with van der Waals surface area (Å²) in [6.45, 7) is 2.22. The van der Waals surface area contributed by atoms with Crippen LogP contribution in [0.25, 0.3) is 0 Å². The van der Waals surface area contributed by atoms with E-state index in [-0.39, 0.29) is 10.8 Å².